The lowest BCUT2D eigenvalue weighted by Gasteiger charge is -2.09. The normalized spacial score (nSPS) is 12.3. The van der Waals surface area contributed by atoms with Gasteiger partial charge in [-0.1, -0.05) is 0 Å². The number of hydrogen-bond donors (Lipinski definition) is 5. The maximum Gasteiger partial charge on any atom is 0.0636 e. The van der Waals surface area contributed by atoms with E-state index in [-0.39, 0.29) is 6.10 Å². The molecule has 0 aromatic rings. The van der Waals surface area contributed by atoms with Gasteiger partial charge in [0.05, 0.1) is 12.2 Å². The summed E-state index contributed by atoms with van der Waals surface area (Å²) in [5.41, 5.74) is 0. The first-order valence-corrected chi connectivity index (χ1v) is 6.65. The van der Waals surface area contributed by atoms with E-state index in [0.717, 1.165) is 45.8 Å². The van der Waals surface area contributed by atoms with E-state index in [1.165, 1.54) is 0 Å². The van der Waals surface area contributed by atoms with Gasteiger partial charge < -0.3 is 26.4 Å². The third-order valence-electron chi connectivity index (χ3n) is 2.29. The maximum absolute atomic E-state index is 9.01. The second-order valence-electron chi connectivity index (χ2n) is 4.21. The molecule has 0 rings (SSSR count). The molecule has 1 unspecified atom stereocenters. The Kier molecular flexibility index (Phi) is 13.8. The fourth-order valence-electron chi connectivity index (χ4n) is 1.36. The first-order valence-electron chi connectivity index (χ1n) is 6.65. The molecule has 0 aromatic heterocycles. The van der Waals surface area contributed by atoms with E-state index in [0.29, 0.717) is 13.0 Å². The summed E-state index contributed by atoms with van der Waals surface area (Å²) in [6.07, 6.45) is 0.293. The van der Waals surface area contributed by atoms with Crippen molar-refractivity contribution in [2.24, 2.45) is 0 Å². The predicted octanol–water partition coefficient (Wildman–Crippen LogP) is -1.36. The van der Waals surface area contributed by atoms with Gasteiger partial charge >= 0.3 is 0 Å². The number of rotatable bonds is 13. The first kappa shape index (κ1) is 17.3. The summed E-state index contributed by atoms with van der Waals surface area (Å²) in [6, 6.07) is 2.10. The van der Waals surface area contributed by atoms with Crippen LogP contribution in [0.5, 0.6) is 0 Å². The van der Waals surface area contributed by atoms with E-state index >= 15 is 0 Å². The molecule has 18 heavy (non-hydrogen) atoms. The molecule has 6 nitrogen and oxygen atoms in total. The van der Waals surface area contributed by atoms with Crippen molar-refractivity contribution in [3.05, 3.63) is 0 Å². The zero-order valence-electron chi connectivity index (χ0n) is 11.3. The van der Waals surface area contributed by atoms with Gasteiger partial charge in [-0.3, -0.25) is 0 Å². The van der Waals surface area contributed by atoms with Crippen molar-refractivity contribution in [2.75, 3.05) is 52.4 Å². The van der Waals surface area contributed by atoms with Gasteiger partial charge in [0, 0.05) is 58.8 Å². The molecular formula is C12H27N5O. The van der Waals surface area contributed by atoms with Crippen LogP contribution in [0.25, 0.3) is 0 Å². The van der Waals surface area contributed by atoms with E-state index in [2.05, 4.69) is 27.3 Å². The fourth-order valence-corrected chi connectivity index (χ4v) is 1.36. The van der Waals surface area contributed by atoms with E-state index < -0.39 is 0 Å². The van der Waals surface area contributed by atoms with E-state index in [4.69, 9.17) is 10.4 Å². The minimum Gasteiger partial charge on any atom is -0.392 e. The van der Waals surface area contributed by atoms with Crippen molar-refractivity contribution in [1.29, 1.82) is 5.26 Å². The number of aliphatic hydroxyl groups excluding tert-OH is 1. The van der Waals surface area contributed by atoms with Crippen LogP contribution in [0.2, 0.25) is 0 Å². The average molecular weight is 257 g/mol. The summed E-state index contributed by atoms with van der Waals surface area (Å²) < 4.78 is 0. The fraction of sp³-hybridized carbons (Fsp3) is 0.917. The van der Waals surface area contributed by atoms with E-state index in [1.807, 2.05) is 0 Å². The van der Waals surface area contributed by atoms with Crippen LogP contribution >= 0.6 is 0 Å². The van der Waals surface area contributed by atoms with Crippen LogP contribution in [-0.2, 0) is 0 Å². The minimum atomic E-state index is -0.278. The summed E-state index contributed by atoms with van der Waals surface area (Å²) >= 11 is 0. The number of nitrogens with zero attached hydrogens (tertiary/aromatic N) is 1. The molecule has 6 heteroatoms. The van der Waals surface area contributed by atoms with Crippen molar-refractivity contribution in [3.8, 4) is 6.07 Å². The predicted molar refractivity (Wildman–Crippen MR) is 73.4 cm³/mol. The summed E-state index contributed by atoms with van der Waals surface area (Å²) in [4.78, 5) is 0. The lowest BCUT2D eigenvalue weighted by Crippen LogP contribution is -2.36. The zero-order chi connectivity index (χ0) is 13.5. The topological polar surface area (TPSA) is 92.1 Å². The molecule has 0 aliphatic rings. The number of nitrogens with one attached hydrogen (secondary N) is 4. The van der Waals surface area contributed by atoms with Gasteiger partial charge in [0.25, 0.3) is 0 Å². The second-order valence-corrected chi connectivity index (χ2v) is 4.21. The summed E-state index contributed by atoms with van der Waals surface area (Å²) in [5, 5.41) is 30.3. The lowest BCUT2D eigenvalue weighted by atomic mass is 10.4. The Bertz CT molecular complexity index is 205. The zero-order valence-corrected chi connectivity index (χ0v) is 11.3. The molecule has 0 saturated carbocycles. The van der Waals surface area contributed by atoms with Gasteiger partial charge in [-0.25, -0.2) is 0 Å². The van der Waals surface area contributed by atoms with E-state index in [1.54, 1.807) is 6.92 Å². The van der Waals surface area contributed by atoms with Crippen molar-refractivity contribution in [3.63, 3.8) is 0 Å². The lowest BCUT2D eigenvalue weighted by molar-refractivity contribution is 0.191. The molecule has 0 aromatic carbocycles. The molecule has 0 aliphatic heterocycles. The van der Waals surface area contributed by atoms with Crippen molar-refractivity contribution >= 4 is 0 Å². The van der Waals surface area contributed by atoms with Crippen LogP contribution in [0.4, 0.5) is 0 Å². The Morgan fingerprint density at radius 2 is 1.33 bits per heavy atom. The molecule has 0 amide bonds. The van der Waals surface area contributed by atoms with Crippen LogP contribution < -0.4 is 21.3 Å². The number of nitriles is 1. The van der Waals surface area contributed by atoms with Crippen molar-refractivity contribution < 1.29 is 5.11 Å². The maximum atomic E-state index is 9.01. The third-order valence-corrected chi connectivity index (χ3v) is 2.29. The molecule has 1 atom stereocenters. The smallest absolute Gasteiger partial charge is 0.0636 e. The summed E-state index contributed by atoms with van der Waals surface area (Å²) in [6.45, 7) is 8.68. The Balaban J connectivity index is 2.93. The Hall–Kier alpha value is -0.710. The molecule has 0 radical (unpaired) electrons. The Morgan fingerprint density at radius 3 is 1.78 bits per heavy atom. The number of hydrogen-bond acceptors (Lipinski definition) is 6. The highest BCUT2D eigenvalue weighted by Crippen LogP contribution is 1.73. The van der Waals surface area contributed by atoms with Crippen LogP contribution in [0.1, 0.15) is 13.3 Å². The molecule has 0 aliphatic carbocycles. The second kappa shape index (κ2) is 14.4. The van der Waals surface area contributed by atoms with E-state index in [9.17, 15) is 0 Å². The average Bonchev–Trinajstić information content (AvgIpc) is 2.34. The van der Waals surface area contributed by atoms with Crippen molar-refractivity contribution in [1.82, 2.24) is 21.3 Å². The number of aliphatic hydroxyl groups is 1. The Labute approximate surface area is 110 Å². The standard InChI is InChI=1S/C12H27N5O/c1-12(18)11-17-10-9-16-8-7-15-6-5-14-4-2-3-13/h12,14-18H,2,4-11H2,1H3. The Morgan fingerprint density at radius 1 is 0.889 bits per heavy atom. The van der Waals surface area contributed by atoms with Crippen LogP contribution in [0.15, 0.2) is 0 Å². The molecule has 0 saturated heterocycles. The third kappa shape index (κ3) is 15.3. The van der Waals surface area contributed by atoms with Gasteiger partial charge in [0.15, 0.2) is 0 Å². The van der Waals surface area contributed by atoms with Crippen molar-refractivity contribution in [2.45, 2.75) is 19.4 Å². The monoisotopic (exact) mass is 257 g/mol. The molecule has 0 fully saturated rings. The van der Waals surface area contributed by atoms with Gasteiger partial charge in [-0.15, -0.1) is 0 Å². The quantitative estimate of drug-likeness (QED) is 0.262. The molecule has 0 bridgehead atoms. The van der Waals surface area contributed by atoms with Gasteiger partial charge in [-0.05, 0) is 6.92 Å². The minimum absolute atomic E-state index is 0.278. The van der Waals surface area contributed by atoms with Crippen LogP contribution in [-0.4, -0.2) is 63.6 Å². The molecular weight excluding hydrogens is 230 g/mol. The summed E-state index contributed by atoms with van der Waals surface area (Å²) in [5.74, 6) is 0. The van der Waals surface area contributed by atoms with Crippen LogP contribution in [0.3, 0.4) is 0 Å². The van der Waals surface area contributed by atoms with Gasteiger partial charge in [0.1, 0.15) is 0 Å². The highest BCUT2D eigenvalue weighted by Gasteiger charge is 1.93. The SMILES string of the molecule is CC(O)CNCCNCCNCCNCCC#N. The molecule has 0 spiro atoms. The van der Waals surface area contributed by atoms with Gasteiger partial charge in [-0.2, -0.15) is 5.26 Å². The van der Waals surface area contributed by atoms with Gasteiger partial charge in [0.2, 0.25) is 0 Å². The molecule has 0 heterocycles. The highest BCUT2D eigenvalue weighted by molar-refractivity contribution is 4.70. The summed E-state index contributed by atoms with van der Waals surface area (Å²) in [7, 11) is 0. The molecule has 5 N–H and O–H groups in total. The molecule has 106 valence electrons. The van der Waals surface area contributed by atoms with Crippen LogP contribution in [0, 0.1) is 11.3 Å². The highest BCUT2D eigenvalue weighted by atomic mass is 16.3. The first-order chi connectivity index (χ1) is 8.77. The largest absolute Gasteiger partial charge is 0.392 e.